The standard InChI is InChI=1S/C73H142O17P2/c1-7-9-11-13-15-16-17-18-19-20-21-22-23-24-27-31-34-38-45-51-57-72(77)89-68(62-84-71(76)56-50-44-37-33-30-28-25-26-29-32-36-41-47-53-65(3)4)63-87-91(79,80)85-59-67(74)60-86-92(81,82)88-64-69(61-83-70(75)55-49-43-35-14-12-10-8-2)90-73(78)58-52-46-40-39-42-48-54-66(5)6/h65-69,74H,7-64H2,1-6H3,(H,79,80)(H,81,82)/t67-,68-,69-/m1/s1. The molecule has 0 aromatic heterocycles. The van der Waals surface area contributed by atoms with E-state index in [0.717, 1.165) is 109 Å². The first kappa shape index (κ1) is 90.1. The second-order valence-corrected chi connectivity index (χ2v) is 30.2. The summed E-state index contributed by atoms with van der Waals surface area (Å²) in [6.07, 6.45) is 51.8. The summed E-state index contributed by atoms with van der Waals surface area (Å²) >= 11 is 0. The average molecular weight is 1350 g/mol. The van der Waals surface area contributed by atoms with Crippen molar-refractivity contribution in [3.63, 3.8) is 0 Å². The molecule has 0 aromatic carbocycles. The summed E-state index contributed by atoms with van der Waals surface area (Å²) in [7, 11) is -9.90. The van der Waals surface area contributed by atoms with Crippen molar-refractivity contribution >= 4 is 39.5 Å². The van der Waals surface area contributed by atoms with Crippen molar-refractivity contribution in [1.29, 1.82) is 0 Å². The van der Waals surface area contributed by atoms with Crippen molar-refractivity contribution in [2.75, 3.05) is 39.6 Å². The monoisotopic (exact) mass is 1350 g/mol. The molecule has 0 aliphatic carbocycles. The zero-order chi connectivity index (χ0) is 67.9. The zero-order valence-corrected chi connectivity index (χ0v) is 61.6. The van der Waals surface area contributed by atoms with Gasteiger partial charge in [-0.1, -0.05) is 324 Å². The van der Waals surface area contributed by atoms with Gasteiger partial charge in [0.15, 0.2) is 12.2 Å². The van der Waals surface area contributed by atoms with Gasteiger partial charge in [-0.25, -0.2) is 9.13 Å². The van der Waals surface area contributed by atoms with Crippen molar-refractivity contribution in [1.82, 2.24) is 0 Å². The summed E-state index contributed by atoms with van der Waals surface area (Å²) in [6.45, 7) is 9.45. The van der Waals surface area contributed by atoms with Gasteiger partial charge in [-0.3, -0.25) is 37.3 Å². The van der Waals surface area contributed by atoms with Crippen LogP contribution >= 0.6 is 15.6 Å². The molecule has 5 atom stereocenters. The Hall–Kier alpha value is -1.94. The third kappa shape index (κ3) is 66.7. The predicted octanol–water partition coefficient (Wildman–Crippen LogP) is 21.2. The highest BCUT2D eigenvalue weighted by molar-refractivity contribution is 7.47. The molecule has 92 heavy (non-hydrogen) atoms. The van der Waals surface area contributed by atoms with E-state index in [-0.39, 0.29) is 25.7 Å². The number of aliphatic hydroxyl groups is 1. The lowest BCUT2D eigenvalue weighted by Gasteiger charge is -2.21. The molecule has 0 aliphatic rings. The van der Waals surface area contributed by atoms with Gasteiger partial charge in [0, 0.05) is 25.7 Å². The first-order chi connectivity index (χ1) is 44.4. The Morgan fingerprint density at radius 1 is 0.293 bits per heavy atom. The Labute approximate surface area is 562 Å². The second kappa shape index (κ2) is 65.0. The molecule has 19 heteroatoms. The number of phosphoric acid groups is 2. The number of unbranched alkanes of at least 4 members (excludes halogenated alkanes) is 42. The number of carbonyl (C=O) groups excluding carboxylic acids is 4. The van der Waals surface area contributed by atoms with Crippen LogP contribution in [0, 0.1) is 11.8 Å². The van der Waals surface area contributed by atoms with Gasteiger partial charge < -0.3 is 33.8 Å². The highest BCUT2D eigenvalue weighted by Gasteiger charge is 2.30. The van der Waals surface area contributed by atoms with Crippen LogP contribution in [0.1, 0.15) is 375 Å². The van der Waals surface area contributed by atoms with E-state index in [9.17, 15) is 43.2 Å². The maximum Gasteiger partial charge on any atom is 0.472 e. The molecule has 2 unspecified atom stereocenters. The zero-order valence-electron chi connectivity index (χ0n) is 59.9. The number of aliphatic hydroxyl groups excluding tert-OH is 1. The van der Waals surface area contributed by atoms with Gasteiger partial charge in [0.2, 0.25) is 0 Å². The normalized spacial score (nSPS) is 14.1. The van der Waals surface area contributed by atoms with E-state index in [4.69, 9.17) is 37.0 Å². The number of rotatable bonds is 72. The van der Waals surface area contributed by atoms with Crippen LogP contribution < -0.4 is 0 Å². The molecule has 0 aromatic rings. The lowest BCUT2D eigenvalue weighted by Crippen LogP contribution is -2.30. The highest BCUT2D eigenvalue weighted by atomic mass is 31.2. The molecular weight excluding hydrogens is 1210 g/mol. The van der Waals surface area contributed by atoms with E-state index in [1.54, 1.807) is 0 Å². The Balaban J connectivity index is 5.16. The van der Waals surface area contributed by atoms with Gasteiger partial charge in [0.25, 0.3) is 0 Å². The molecular formula is C73H142O17P2. The van der Waals surface area contributed by atoms with Crippen molar-refractivity contribution in [2.24, 2.45) is 11.8 Å². The van der Waals surface area contributed by atoms with E-state index in [1.165, 1.54) is 180 Å². The topological polar surface area (TPSA) is 237 Å². The van der Waals surface area contributed by atoms with Gasteiger partial charge in [0.05, 0.1) is 26.4 Å². The van der Waals surface area contributed by atoms with Crippen LogP contribution in [-0.4, -0.2) is 96.7 Å². The van der Waals surface area contributed by atoms with Gasteiger partial charge in [-0.15, -0.1) is 0 Å². The molecule has 0 spiro atoms. The molecule has 0 fully saturated rings. The molecule has 3 N–H and O–H groups in total. The second-order valence-electron chi connectivity index (χ2n) is 27.3. The maximum atomic E-state index is 13.1. The van der Waals surface area contributed by atoms with E-state index in [1.807, 2.05) is 0 Å². The molecule has 0 bridgehead atoms. The Morgan fingerprint density at radius 2 is 0.500 bits per heavy atom. The van der Waals surface area contributed by atoms with Crippen molar-refractivity contribution in [3.05, 3.63) is 0 Å². The summed E-state index contributed by atoms with van der Waals surface area (Å²) in [5, 5.41) is 10.6. The third-order valence-corrected chi connectivity index (χ3v) is 18.9. The van der Waals surface area contributed by atoms with Crippen LogP contribution in [0.2, 0.25) is 0 Å². The smallest absolute Gasteiger partial charge is 0.462 e. The van der Waals surface area contributed by atoms with Crippen LogP contribution in [0.15, 0.2) is 0 Å². The van der Waals surface area contributed by atoms with Gasteiger partial charge >= 0.3 is 39.5 Å². The van der Waals surface area contributed by atoms with E-state index in [0.29, 0.717) is 31.6 Å². The minimum Gasteiger partial charge on any atom is -0.462 e. The first-order valence-corrected chi connectivity index (χ1v) is 41.0. The number of hydrogen-bond donors (Lipinski definition) is 3. The average Bonchev–Trinajstić information content (AvgIpc) is 1.63. The number of ether oxygens (including phenoxy) is 4. The highest BCUT2D eigenvalue weighted by Crippen LogP contribution is 2.45. The first-order valence-electron chi connectivity index (χ1n) is 38.0. The summed E-state index contributed by atoms with van der Waals surface area (Å²) in [5.74, 6) is -0.669. The van der Waals surface area contributed by atoms with Crippen molar-refractivity contribution in [2.45, 2.75) is 394 Å². The summed E-state index contributed by atoms with van der Waals surface area (Å²) in [4.78, 5) is 72.4. The molecule has 546 valence electrons. The van der Waals surface area contributed by atoms with Gasteiger partial charge in [0.1, 0.15) is 19.3 Å². The van der Waals surface area contributed by atoms with Crippen LogP contribution in [0.5, 0.6) is 0 Å². The van der Waals surface area contributed by atoms with E-state index in [2.05, 4.69) is 41.5 Å². The SMILES string of the molecule is CCCCCCCCCCCCCCCCCCCCCCC(=O)O[C@H](COC(=O)CCCCCCCCCCCCCCCC(C)C)COP(=O)(O)OC[C@@H](O)COP(=O)(O)OC[C@@H](COC(=O)CCCCCCCCC)OC(=O)CCCCCCCCC(C)C. The molecule has 0 radical (unpaired) electrons. The van der Waals surface area contributed by atoms with Crippen molar-refractivity contribution < 1.29 is 80.2 Å². The fourth-order valence-electron chi connectivity index (χ4n) is 11.1. The quantitative estimate of drug-likeness (QED) is 0.0222. The van der Waals surface area contributed by atoms with Crippen molar-refractivity contribution in [3.8, 4) is 0 Å². The van der Waals surface area contributed by atoms with Gasteiger partial charge in [-0.05, 0) is 37.5 Å². The van der Waals surface area contributed by atoms with E-state index < -0.39 is 97.5 Å². The summed E-state index contributed by atoms with van der Waals surface area (Å²) in [5.41, 5.74) is 0. The van der Waals surface area contributed by atoms with Crippen LogP contribution in [0.4, 0.5) is 0 Å². The lowest BCUT2D eigenvalue weighted by molar-refractivity contribution is -0.161. The lowest BCUT2D eigenvalue weighted by atomic mass is 10.0. The Bertz CT molecular complexity index is 1790. The summed E-state index contributed by atoms with van der Waals surface area (Å²) < 4.78 is 68.2. The van der Waals surface area contributed by atoms with Crippen LogP contribution in [-0.2, 0) is 65.4 Å². The predicted molar refractivity (Wildman–Crippen MR) is 372 cm³/mol. The number of esters is 4. The number of phosphoric ester groups is 2. The minimum absolute atomic E-state index is 0.102. The molecule has 0 rings (SSSR count). The Kier molecular flexibility index (Phi) is 63.7. The van der Waals surface area contributed by atoms with Crippen LogP contribution in [0.3, 0.4) is 0 Å². The molecule has 0 saturated carbocycles. The van der Waals surface area contributed by atoms with Crippen LogP contribution in [0.25, 0.3) is 0 Å². The molecule has 0 aliphatic heterocycles. The largest absolute Gasteiger partial charge is 0.472 e. The minimum atomic E-state index is -4.95. The molecule has 0 saturated heterocycles. The number of carbonyl (C=O) groups is 4. The fraction of sp³-hybridized carbons (Fsp3) is 0.945. The Morgan fingerprint density at radius 3 is 0.739 bits per heavy atom. The molecule has 0 heterocycles. The maximum absolute atomic E-state index is 13.1. The van der Waals surface area contributed by atoms with E-state index >= 15 is 0 Å². The fourth-order valence-corrected chi connectivity index (χ4v) is 12.7. The molecule has 0 amide bonds. The summed E-state index contributed by atoms with van der Waals surface area (Å²) in [6, 6.07) is 0. The number of hydrogen-bond acceptors (Lipinski definition) is 15. The van der Waals surface area contributed by atoms with Gasteiger partial charge in [-0.2, -0.15) is 0 Å². The third-order valence-electron chi connectivity index (χ3n) is 17.0. The molecule has 17 nitrogen and oxygen atoms in total.